The third-order valence-corrected chi connectivity index (χ3v) is 7.25. The van der Waals surface area contributed by atoms with E-state index in [0.717, 1.165) is 5.56 Å². The van der Waals surface area contributed by atoms with E-state index in [0.29, 0.717) is 0 Å². The minimum Gasteiger partial charge on any atom is -0.485 e. The fourth-order valence-corrected chi connectivity index (χ4v) is 4.37. The monoisotopic (exact) mass is 498 g/mol. The fourth-order valence-electron chi connectivity index (χ4n) is 2.93. The number of nitrogens with zero attached hydrogens (tertiary/aromatic N) is 2. The van der Waals surface area contributed by atoms with Gasteiger partial charge in [-0.1, -0.05) is 30.3 Å². The first-order valence-corrected chi connectivity index (χ1v) is 12.1. The second-order valence-corrected chi connectivity index (χ2v) is 10.8. The molecule has 1 N–H and O–H groups in total. The molecule has 11 nitrogen and oxygen atoms in total. The van der Waals surface area contributed by atoms with E-state index >= 15 is 0 Å². The molecule has 2 rings (SSSR count). The van der Waals surface area contributed by atoms with Gasteiger partial charge in [0.2, 0.25) is 0 Å². The maximum absolute atomic E-state index is 13.3. The lowest BCUT2D eigenvalue weighted by molar-refractivity contribution is -0.155. The van der Waals surface area contributed by atoms with Gasteiger partial charge in [0.25, 0.3) is 5.76 Å². The van der Waals surface area contributed by atoms with Crippen molar-refractivity contribution >= 4 is 25.4 Å². The number of Topliss-reactive ketones (excluding diaryl/α,β-unsaturated/α-hetero) is 1. The summed E-state index contributed by atoms with van der Waals surface area (Å²) in [6, 6.07) is 9.04. The summed E-state index contributed by atoms with van der Waals surface area (Å²) in [7, 11) is 2.45. The predicted molar refractivity (Wildman–Crippen MR) is 121 cm³/mol. The van der Waals surface area contributed by atoms with Gasteiger partial charge in [0.15, 0.2) is 11.9 Å². The summed E-state index contributed by atoms with van der Waals surface area (Å²) in [5, 5.41) is 10.6. The van der Waals surface area contributed by atoms with E-state index in [2.05, 4.69) is 0 Å². The molecule has 34 heavy (non-hydrogen) atoms. The van der Waals surface area contributed by atoms with Crippen molar-refractivity contribution in [2.75, 3.05) is 34.8 Å². The summed E-state index contributed by atoms with van der Waals surface area (Å²) in [6.07, 6.45) is -2.97. The van der Waals surface area contributed by atoms with Gasteiger partial charge in [0.1, 0.15) is 25.1 Å². The highest BCUT2D eigenvalue weighted by Crippen LogP contribution is 2.53. The van der Waals surface area contributed by atoms with Gasteiger partial charge < -0.3 is 28.6 Å². The molecule has 0 saturated heterocycles. The van der Waals surface area contributed by atoms with Gasteiger partial charge in [0.05, 0.1) is 6.42 Å². The third-order valence-electron chi connectivity index (χ3n) is 4.81. The number of carbonyl (C=O) groups is 3. The number of benzene rings is 1. The zero-order valence-corrected chi connectivity index (χ0v) is 20.8. The van der Waals surface area contributed by atoms with Crippen molar-refractivity contribution in [3.05, 3.63) is 47.4 Å². The first-order chi connectivity index (χ1) is 16.0. The summed E-state index contributed by atoms with van der Waals surface area (Å²) in [6.45, 7) is 0.845. The fraction of sp³-hybridized carbons (Fsp3) is 0.500. The van der Waals surface area contributed by atoms with Crippen LogP contribution < -0.4 is 0 Å². The van der Waals surface area contributed by atoms with Crippen molar-refractivity contribution in [1.82, 2.24) is 9.34 Å². The quantitative estimate of drug-likeness (QED) is 0.316. The largest absolute Gasteiger partial charge is 0.485 e. The van der Waals surface area contributed by atoms with Gasteiger partial charge in [-0.15, -0.1) is 0 Å². The van der Waals surface area contributed by atoms with Crippen molar-refractivity contribution in [2.24, 2.45) is 0 Å². The average Bonchev–Trinajstić information content (AvgIpc) is 3.09. The minimum atomic E-state index is -3.66. The van der Waals surface area contributed by atoms with Crippen molar-refractivity contribution in [3.8, 4) is 0 Å². The molecule has 1 heterocycles. The molecule has 2 unspecified atom stereocenters. The highest BCUT2D eigenvalue weighted by molar-refractivity contribution is 7.54. The number of esters is 2. The summed E-state index contributed by atoms with van der Waals surface area (Å²) in [4.78, 5) is 35.5. The van der Waals surface area contributed by atoms with Crippen molar-refractivity contribution < 1.29 is 42.8 Å². The van der Waals surface area contributed by atoms with Crippen LogP contribution >= 0.6 is 7.67 Å². The first-order valence-electron chi connectivity index (χ1n) is 10.6. The highest BCUT2D eigenvalue weighted by atomic mass is 31.2. The van der Waals surface area contributed by atoms with Crippen molar-refractivity contribution in [1.29, 1.82) is 0 Å². The van der Waals surface area contributed by atoms with Gasteiger partial charge in [-0.05, 0) is 40.7 Å². The van der Waals surface area contributed by atoms with E-state index in [4.69, 9.17) is 18.7 Å². The van der Waals surface area contributed by atoms with Gasteiger partial charge in [-0.2, -0.15) is 0 Å². The second-order valence-electron chi connectivity index (χ2n) is 8.02. The number of carbonyl (C=O) groups excluding carboxylic acids is 3. The Hall–Kier alpha value is -2.72. The second kappa shape index (κ2) is 12.1. The zero-order chi connectivity index (χ0) is 25.5. The summed E-state index contributed by atoms with van der Waals surface area (Å²) >= 11 is 0. The Kier molecular flexibility index (Phi) is 9.81. The maximum atomic E-state index is 13.3. The molecule has 1 aromatic carbocycles. The molecule has 0 saturated carbocycles. The van der Waals surface area contributed by atoms with E-state index in [1.807, 2.05) is 6.07 Å². The molecule has 0 aromatic heterocycles. The normalized spacial score (nSPS) is 17.1. The first kappa shape index (κ1) is 27.5. The number of ether oxygens (including phenoxy) is 3. The Morgan fingerprint density at radius 3 is 2.29 bits per heavy atom. The molecule has 1 aromatic rings. The van der Waals surface area contributed by atoms with E-state index in [-0.39, 0.29) is 31.0 Å². The Balaban J connectivity index is 2.27. The molecular formula is C22H31N2O9P. The van der Waals surface area contributed by atoms with Gasteiger partial charge in [-0.3, -0.25) is 4.79 Å². The van der Waals surface area contributed by atoms with Crippen LogP contribution in [0.1, 0.15) is 25.3 Å². The number of aliphatic hydroxyl groups excluding tert-OH is 1. The van der Waals surface area contributed by atoms with Crippen LogP contribution in [-0.2, 0) is 44.3 Å². The SMILES string of the molecule is CC(=O)CCC(=O)OCC(O)C1OC(=O)C(OP(=O)(N(C)C)N(C)C)=C1OCc1ccccc1. The van der Waals surface area contributed by atoms with Crippen LogP contribution in [0.5, 0.6) is 0 Å². The van der Waals surface area contributed by atoms with Crippen LogP contribution in [0.4, 0.5) is 0 Å². The molecule has 0 aliphatic carbocycles. The van der Waals surface area contributed by atoms with Crippen LogP contribution in [0.15, 0.2) is 41.9 Å². The summed E-state index contributed by atoms with van der Waals surface area (Å²) in [5.41, 5.74) is 0.765. The van der Waals surface area contributed by atoms with Crippen LogP contribution in [0.2, 0.25) is 0 Å². The smallest absolute Gasteiger partial charge is 0.395 e. The standard InChI is InChI=1S/C22H31N2O9P/c1-15(25)11-12-18(27)30-14-17(26)19-20(31-13-16-9-7-6-8-10-16)21(22(28)32-19)33-34(29,23(2)3)24(4)5/h6-10,17,19,26H,11-14H2,1-5H3. The zero-order valence-electron chi connectivity index (χ0n) is 19.9. The van der Waals surface area contributed by atoms with E-state index in [1.54, 1.807) is 24.3 Å². The lowest BCUT2D eigenvalue weighted by Gasteiger charge is -2.29. The van der Waals surface area contributed by atoms with Gasteiger partial charge in [0, 0.05) is 6.42 Å². The van der Waals surface area contributed by atoms with Crippen LogP contribution in [0.25, 0.3) is 0 Å². The Labute approximate surface area is 198 Å². The maximum Gasteiger partial charge on any atom is 0.395 e. The number of cyclic esters (lactones) is 1. The molecular weight excluding hydrogens is 467 g/mol. The molecule has 12 heteroatoms. The average molecular weight is 498 g/mol. The van der Waals surface area contributed by atoms with Crippen molar-refractivity contribution in [2.45, 2.75) is 38.6 Å². The van der Waals surface area contributed by atoms with Gasteiger partial charge in [-0.25, -0.2) is 18.7 Å². The molecule has 0 bridgehead atoms. The van der Waals surface area contributed by atoms with E-state index < -0.39 is 44.2 Å². The Morgan fingerprint density at radius 2 is 1.74 bits per heavy atom. The number of hydrogen-bond donors (Lipinski definition) is 1. The lowest BCUT2D eigenvalue weighted by atomic mass is 10.1. The Bertz CT molecular complexity index is 950. The molecule has 1 aliphatic heterocycles. The third kappa shape index (κ3) is 7.14. The molecule has 0 fully saturated rings. The van der Waals surface area contributed by atoms with Gasteiger partial charge >= 0.3 is 19.6 Å². The predicted octanol–water partition coefficient (Wildman–Crippen LogP) is 1.86. The van der Waals surface area contributed by atoms with Crippen molar-refractivity contribution in [3.63, 3.8) is 0 Å². The number of aliphatic hydroxyl groups is 1. The molecule has 188 valence electrons. The van der Waals surface area contributed by atoms with Crippen LogP contribution in [0.3, 0.4) is 0 Å². The molecule has 0 spiro atoms. The molecule has 2 atom stereocenters. The number of ketones is 1. The highest BCUT2D eigenvalue weighted by Gasteiger charge is 2.46. The number of hydrogen-bond acceptors (Lipinski definition) is 9. The summed E-state index contributed by atoms with van der Waals surface area (Å²) in [5.74, 6) is -2.43. The van der Waals surface area contributed by atoms with Crippen LogP contribution in [-0.4, -0.2) is 79.2 Å². The van der Waals surface area contributed by atoms with E-state index in [9.17, 15) is 24.1 Å². The Morgan fingerprint density at radius 1 is 1.12 bits per heavy atom. The van der Waals surface area contributed by atoms with E-state index in [1.165, 1.54) is 44.5 Å². The summed E-state index contributed by atoms with van der Waals surface area (Å²) < 4.78 is 37.7. The lowest BCUT2D eigenvalue weighted by Crippen LogP contribution is -2.34. The topological polar surface area (TPSA) is 132 Å². The number of rotatable bonds is 13. The molecule has 0 radical (unpaired) electrons. The molecule has 1 aliphatic rings. The minimum absolute atomic E-state index is 0.00945. The molecule has 0 amide bonds. The van der Waals surface area contributed by atoms with Crippen LogP contribution in [0, 0.1) is 0 Å².